The number of hydrogen-bond donors (Lipinski definition) is 2. The molecule has 2 rings (SSSR count). The number of hydrogen-bond acceptors (Lipinski definition) is 3. The molecule has 0 aliphatic carbocycles. The smallest absolute Gasteiger partial charge is 0.231 e. The summed E-state index contributed by atoms with van der Waals surface area (Å²) in [5.41, 5.74) is 0.534. The normalized spacial score (nSPS) is 22.2. The Bertz CT molecular complexity index is 353. The van der Waals surface area contributed by atoms with Crippen molar-refractivity contribution in [3.8, 4) is 0 Å². The second-order valence-corrected chi connectivity index (χ2v) is 4.18. The minimum atomic E-state index is -0.275. The van der Waals surface area contributed by atoms with Gasteiger partial charge in [-0.1, -0.05) is 0 Å². The Kier molecular flexibility index (Phi) is 6.45. The summed E-state index contributed by atoms with van der Waals surface area (Å²) in [6, 6.07) is 3.59. The van der Waals surface area contributed by atoms with Crippen molar-refractivity contribution in [2.75, 3.05) is 18.4 Å². The molecule has 96 valence electrons. The second-order valence-electron chi connectivity index (χ2n) is 4.18. The van der Waals surface area contributed by atoms with E-state index in [-0.39, 0.29) is 36.1 Å². The van der Waals surface area contributed by atoms with Gasteiger partial charge in [-0.3, -0.25) is 9.78 Å². The lowest BCUT2D eigenvalue weighted by Crippen LogP contribution is -2.35. The predicted molar refractivity (Wildman–Crippen MR) is 73.0 cm³/mol. The Morgan fingerprint density at radius 2 is 2.06 bits per heavy atom. The summed E-state index contributed by atoms with van der Waals surface area (Å²) >= 11 is 0. The molecule has 1 aromatic heterocycles. The lowest BCUT2D eigenvalue weighted by Gasteiger charge is -2.21. The third-order valence-electron chi connectivity index (χ3n) is 2.86. The van der Waals surface area contributed by atoms with Crippen LogP contribution in [0.1, 0.15) is 13.3 Å². The minimum absolute atomic E-state index is 0. The molecule has 1 aromatic rings. The molecule has 0 saturated carbocycles. The van der Waals surface area contributed by atoms with E-state index < -0.39 is 0 Å². The van der Waals surface area contributed by atoms with Gasteiger partial charge in [0.05, 0.1) is 5.41 Å². The Balaban J connectivity index is 0.00000128. The first kappa shape index (κ1) is 16.2. The lowest BCUT2D eigenvalue weighted by atomic mass is 9.89. The number of rotatable bonds is 2. The van der Waals surface area contributed by atoms with Crippen molar-refractivity contribution in [1.29, 1.82) is 0 Å². The van der Waals surface area contributed by atoms with Crippen molar-refractivity contribution < 1.29 is 4.79 Å². The van der Waals surface area contributed by atoms with Crippen LogP contribution in [-0.2, 0) is 4.79 Å². The van der Waals surface area contributed by atoms with Crippen molar-refractivity contribution in [2.24, 2.45) is 5.41 Å². The van der Waals surface area contributed by atoms with Gasteiger partial charge in [0.1, 0.15) is 0 Å². The Labute approximate surface area is 113 Å². The number of pyridine rings is 1. The Morgan fingerprint density at radius 3 is 2.59 bits per heavy atom. The molecular weight excluding hydrogens is 261 g/mol. The molecule has 6 heteroatoms. The highest BCUT2D eigenvalue weighted by molar-refractivity contribution is 5.95. The number of nitrogens with zero attached hydrogens (tertiary/aromatic N) is 1. The third-order valence-corrected chi connectivity index (χ3v) is 2.86. The maximum Gasteiger partial charge on any atom is 0.231 e. The first-order valence-corrected chi connectivity index (χ1v) is 5.13. The van der Waals surface area contributed by atoms with Crippen LogP contribution in [0.4, 0.5) is 5.69 Å². The quantitative estimate of drug-likeness (QED) is 0.868. The van der Waals surface area contributed by atoms with E-state index in [1.165, 1.54) is 0 Å². The highest BCUT2D eigenvalue weighted by Gasteiger charge is 2.36. The molecule has 1 aliphatic rings. The van der Waals surface area contributed by atoms with Gasteiger partial charge in [-0.15, -0.1) is 24.8 Å². The van der Waals surface area contributed by atoms with Crippen molar-refractivity contribution in [3.05, 3.63) is 24.5 Å². The predicted octanol–water partition coefficient (Wildman–Crippen LogP) is 1.86. The lowest BCUT2D eigenvalue weighted by molar-refractivity contribution is -0.123. The van der Waals surface area contributed by atoms with Gasteiger partial charge in [-0.2, -0.15) is 0 Å². The maximum absolute atomic E-state index is 12.0. The minimum Gasteiger partial charge on any atom is -0.325 e. The number of amides is 1. The van der Waals surface area contributed by atoms with Crippen molar-refractivity contribution in [2.45, 2.75) is 13.3 Å². The van der Waals surface area contributed by atoms with Crippen LogP contribution in [0, 0.1) is 5.41 Å². The highest BCUT2D eigenvalue weighted by Crippen LogP contribution is 2.26. The van der Waals surface area contributed by atoms with Crippen LogP contribution in [0.2, 0.25) is 0 Å². The van der Waals surface area contributed by atoms with Crippen LogP contribution in [0.3, 0.4) is 0 Å². The fourth-order valence-corrected chi connectivity index (χ4v) is 1.73. The van der Waals surface area contributed by atoms with Gasteiger partial charge < -0.3 is 10.6 Å². The van der Waals surface area contributed by atoms with Gasteiger partial charge in [0.25, 0.3) is 0 Å². The number of aromatic nitrogens is 1. The van der Waals surface area contributed by atoms with Crippen molar-refractivity contribution in [3.63, 3.8) is 0 Å². The zero-order valence-corrected chi connectivity index (χ0v) is 11.2. The fourth-order valence-electron chi connectivity index (χ4n) is 1.73. The molecule has 1 atom stereocenters. The van der Waals surface area contributed by atoms with Crippen LogP contribution in [-0.4, -0.2) is 24.0 Å². The molecule has 0 aromatic carbocycles. The van der Waals surface area contributed by atoms with E-state index in [0.29, 0.717) is 0 Å². The molecule has 1 aliphatic heterocycles. The largest absolute Gasteiger partial charge is 0.325 e. The number of anilines is 1. The van der Waals surface area contributed by atoms with Gasteiger partial charge in [0, 0.05) is 24.6 Å². The molecule has 0 bridgehead atoms. The molecule has 2 N–H and O–H groups in total. The molecule has 4 nitrogen and oxygen atoms in total. The molecule has 1 fully saturated rings. The van der Waals surface area contributed by atoms with Crippen LogP contribution in [0.5, 0.6) is 0 Å². The van der Waals surface area contributed by atoms with Crippen LogP contribution < -0.4 is 10.6 Å². The zero-order valence-electron chi connectivity index (χ0n) is 9.60. The summed E-state index contributed by atoms with van der Waals surface area (Å²) in [4.78, 5) is 15.9. The van der Waals surface area contributed by atoms with Crippen LogP contribution >= 0.6 is 24.8 Å². The van der Waals surface area contributed by atoms with Gasteiger partial charge >= 0.3 is 0 Å². The van der Waals surface area contributed by atoms with Gasteiger partial charge in [-0.05, 0) is 32.0 Å². The molecule has 2 heterocycles. The van der Waals surface area contributed by atoms with Gasteiger partial charge in [-0.25, -0.2) is 0 Å². The summed E-state index contributed by atoms with van der Waals surface area (Å²) in [6.45, 7) is 3.66. The summed E-state index contributed by atoms with van der Waals surface area (Å²) in [5, 5.41) is 6.11. The van der Waals surface area contributed by atoms with E-state index in [2.05, 4.69) is 15.6 Å². The maximum atomic E-state index is 12.0. The second kappa shape index (κ2) is 6.79. The average Bonchev–Trinajstić information content (AvgIpc) is 2.68. The number of nitrogens with one attached hydrogen (secondary N) is 2. The molecule has 0 radical (unpaired) electrons. The van der Waals surface area contributed by atoms with Crippen molar-refractivity contribution >= 4 is 36.4 Å². The molecule has 1 saturated heterocycles. The first-order chi connectivity index (χ1) is 7.21. The van der Waals surface area contributed by atoms with Crippen LogP contribution in [0.15, 0.2) is 24.5 Å². The topological polar surface area (TPSA) is 54.0 Å². The summed E-state index contributed by atoms with van der Waals surface area (Å²) in [6.07, 6.45) is 4.24. The summed E-state index contributed by atoms with van der Waals surface area (Å²) < 4.78 is 0. The highest BCUT2D eigenvalue weighted by atomic mass is 35.5. The average molecular weight is 278 g/mol. The van der Waals surface area contributed by atoms with E-state index >= 15 is 0 Å². The van der Waals surface area contributed by atoms with Crippen LogP contribution in [0.25, 0.3) is 0 Å². The first-order valence-electron chi connectivity index (χ1n) is 5.13. The Hall–Kier alpha value is -0.840. The van der Waals surface area contributed by atoms with Gasteiger partial charge in [0.2, 0.25) is 5.91 Å². The number of carbonyl (C=O) groups is 1. The number of halogens is 2. The molecule has 1 amide bonds. The number of carbonyl (C=O) groups excluding carboxylic acids is 1. The summed E-state index contributed by atoms with van der Waals surface area (Å²) in [5.74, 6) is 0.0821. The van der Waals surface area contributed by atoms with E-state index in [1.54, 1.807) is 24.5 Å². The zero-order chi connectivity index (χ0) is 10.7. The SMILES string of the molecule is CC1(C(=O)Nc2ccncc2)CCNC1.Cl.Cl. The molecular formula is C11H17Cl2N3O. The Morgan fingerprint density at radius 1 is 1.41 bits per heavy atom. The van der Waals surface area contributed by atoms with Gasteiger partial charge in [0.15, 0.2) is 0 Å². The molecule has 0 spiro atoms. The fraction of sp³-hybridized carbons (Fsp3) is 0.455. The van der Waals surface area contributed by atoms with E-state index in [1.807, 2.05) is 6.92 Å². The monoisotopic (exact) mass is 277 g/mol. The third kappa shape index (κ3) is 3.84. The molecule has 17 heavy (non-hydrogen) atoms. The molecule has 1 unspecified atom stereocenters. The summed E-state index contributed by atoms with van der Waals surface area (Å²) in [7, 11) is 0. The van der Waals surface area contributed by atoms with E-state index in [4.69, 9.17) is 0 Å². The van der Waals surface area contributed by atoms with E-state index in [0.717, 1.165) is 25.2 Å². The van der Waals surface area contributed by atoms with E-state index in [9.17, 15) is 4.79 Å². The van der Waals surface area contributed by atoms with Crippen molar-refractivity contribution in [1.82, 2.24) is 10.3 Å². The standard InChI is InChI=1S/C11H15N3O.2ClH/c1-11(4-7-13-8-11)10(15)14-9-2-5-12-6-3-9;;/h2-3,5-6,13H,4,7-8H2,1H3,(H,12,14,15);2*1H.